The van der Waals surface area contributed by atoms with Gasteiger partial charge in [0.2, 0.25) is 11.8 Å². The SMILES string of the molecule is CC[C@@H](C)NC(=O)[C@@H](Cc1ccccc1)N(Cc1c(Cl)cccc1Cl)C(=O)CN(c1ccccc1)S(=O)(=O)c1ccc(Cl)cc1. The summed E-state index contributed by atoms with van der Waals surface area (Å²) < 4.78 is 29.1. The topological polar surface area (TPSA) is 86.8 Å². The van der Waals surface area contributed by atoms with Crippen molar-refractivity contribution in [1.82, 2.24) is 10.2 Å². The van der Waals surface area contributed by atoms with Gasteiger partial charge in [0.25, 0.3) is 10.0 Å². The molecule has 0 radical (unpaired) electrons. The van der Waals surface area contributed by atoms with Crippen molar-refractivity contribution in [3.63, 3.8) is 0 Å². The van der Waals surface area contributed by atoms with E-state index < -0.39 is 28.5 Å². The Kier molecular flexibility index (Phi) is 11.9. The number of nitrogens with zero attached hydrogens (tertiary/aromatic N) is 2. The molecule has 7 nitrogen and oxygen atoms in total. The molecule has 4 rings (SSSR count). The highest BCUT2D eigenvalue weighted by molar-refractivity contribution is 7.92. The van der Waals surface area contributed by atoms with E-state index in [0.717, 1.165) is 9.87 Å². The Morgan fingerprint density at radius 3 is 1.96 bits per heavy atom. The fourth-order valence-electron chi connectivity index (χ4n) is 4.71. The lowest BCUT2D eigenvalue weighted by Gasteiger charge is -2.34. The van der Waals surface area contributed by atoms with E-state index in [1.807, 2.05) is 44.2 Å². The van der Waals surface area contributed by atoms with E-state index >= 15 is 0 Å². The zero-order valence-corrected chi connectivity index (χ0v) is 28.0. The van der Waals surface area contributed by atoms with Crippen molar-refractivity contribution in [3.8, 4) is 0 Å². The van der Waals surface area contributed by atoms with Gasteiger partial charge in [0, 0.05) is 39.6 Å². The molecular weight excluding hydrogens is 653 g/mol. The molecule has 0 saturated carbocycles. The van der Waals surface area contributed by atoms with E-state index in [1.54, 1.807) is 48.5 Å². The van der Waals surface area contributed by atoms with Gasteiger partial charge in [-0.15, -0.1) is 0 Å². The predicted molar refractivity (Wildman–Crippen MR) is 181 cm³/mol. The first-order chi connectivity index (χ1) is 21.5. The van der Waals surface area contributed by atoms with Crippen LogP contribution >= 0.6 is 34.8 Å². The number of hydrogen-bond donors (Lipinski definition) is 1. The van der Waals surface area contributed by atoms with E-state index in [1.165, 1.54) is 29.2 Å². The fourth-order valence-corrected chi connectivity index (χ4v) is 6.76. The molecule has 0 aliphatic carbocycles. The normalized spacial score (nSPS) is 12.6. The fraction of sp³-hybridized carbons (Fsp3) is 0.235. The molecule has 11 heteroatoms. The van der Waals surface area contributed by atoms with Crippen LogP contribution in [0.4, 0.5) is 5.69 Å². The lowest BCUT2D eigenvalue weighted by atomic mass is 10.0. The van der Waals surface area contributed by atoms with Crippen LogP contribution in [0.25, 0.3) is 0 Å². The lowest BCUT2D eigenvalue weighted by Crippen LogP contribution is -2.54. The number of sulfonamides is 1. The Labute approximate surface area is 279 Å². The number of nitrogens with one attached hydrogen (secondary N) is 1. The molecule has 0 spiro atoms. The van der Waals surface area contributed by atoms with Crippen LogP contribution in [0, 0.1) is 0 Å². The van der Waals surface area contributed by atoms with Crippen LogP contribution in [0.3, 0.4) is 0 Å². The number of hydrogen-bond acceptors (Lipinski definition) is 4. The molecular formula is C34H34Cl3N3O4S. The van der Waals surface area contributed by atoms with Crippen molar-refractivity contribution in [1.29, 1.82) is 0 Å². The summed E-state index contributed by atoms with van der Waals surface area (Å²) in [6.45, 7) is 3.10. The molecule has 0 heterocycles. The molecule has 4 aromatic rings. The first-order valence-electron chi connectivity index (χ1n) is 14.4. The second-order valence-corrected chi connectivity index (χ2v) is 13.7. The van der Waals surface area contributed by atoms with Crippen LogP contribution in [-0.4, -0.2) is 43.8 Å². The van der Waals surface area contributed by atoms with E-state index in [9.17, 15) is 18.0 Å². The van der Waals surface area contributed by atoms with Crippen molar-refractivity contribution in [3.05, 3.63) is 129 Å². The molecule has 45 heavy (non-hydrogen) atoms. The van der Waals surface area contributed by atoms with Crippen molar-refractivity contribution in [2.45, 2.75) is 50.2 Å². The zero-order valence-electron chi connectivity index (χ0n) is 24.9. The predicted octanol–water partition coefficient (Wildman–Crippen LogP) is 7.40. The molecule has 236 valence electrons. The van der Waals surface area contributed by atoms with E-state index in [4.69, 9.17) is 34.8 Å². The largest absolute Gasteiger partial charge is 0.352 e. The average molecular weight is 687 g/mol. The lowest BCUT2D eigenvalue weighted by molar-refractivity contribution is -0.140. The Morgan fingerprint density at radius 1 is 0.800 bits per heavy atom. The maximum atomic E-state index is 14.5. The maximum absolute atomic E-state index is 14.5. The molecule has 4 aromatic carbocycles. The van der Waals surface area contributed by atoms with Crippen molar-refractivity contribution in [2.75, 3.05) is 10.8 Å². The summed E-state index contributed by atoms with van der Waals surface area (Å²) in [4.78, 5) is 29.7. The highest BCUT2D eigenvalue weighted by Gasteiger charge is 2.35. The summed E-state index contributed by atoms with van der Waals surface area (Å²) in [7, 11) is -4.24. The highest BCUT2D eigenvalue weighted by atomic mass is 35.5. The molecule has 2 amide bonds. The van der Waals surface area contributed by atoms with Gasteiger partial charge in [0.05, 0.1) is 10.6 Å². The number of rotatable bonds is 13. The van der Waals surface area contributed by atoms with Gasteiger partial charge in [-0.2, -0.15) is 0 Å². The second kappa shape index (κ2) is 15.6. The Hall–Kier alpha value is -3.56. The minimum Gasteiger partial charge on any atom is -0.352 e. The summed E-state index contributed by atoms with van der Waals surface area (Å²) in [6, 6.07) is 27.2. The molecule has 2 atom stereocenters. The number of carbonyl (C=O) groups is 2. The molecule has 0 fully saturated rings. The number of anilines is 1. The third-order valence-electron chi connectivity index (χ3n) is 7.39. The van der Waals surface area contributed by atoms with Gasteiger partial charge >= 0.3 is 0 Å². The average Bonchev–Trinajstić information content (AvgIpc) is 3.03. The Bertz CT molecular complexity index is 1690. The first-order valence-corrected chi connectivity index (χ1v) is 17.0. The van der Waals surface area contributed by atoms with Crippen LogP contribution < -0.4 is 9.62 Å². The quantitative estimate of drug-likeness (QED) is 0.159. The smallest absolute Gasteiger partial charge is 0.264 e. The number of para-hydroxylation sites is 1. The summed E-state index contributed by atoms with van der Waals surface area (Å²) in [5.74, 6) is -0.996. The molecule has 0 aliphatic rings. The van der Waals surface area contributed by atoms with Gasteiger partial charge in [-0.25, -0.2) is 8.42 Å². The van der Waals surface area contributed by atoms with Crippen LogP contribution in [0.1, 0.15) is 31.4 Å². The molecule has 0 aliphatic heterocycles. The second-order valence-electron chi connectivity index (χ2n) is 10.5. The van der Waals surface area contributed by atoms with Gasteiger partial charge in [-0.3, -0.25) is 13.9 Å². The Morgan fingerprint density at radius 2 is 1.38 bits per heavy atom. The first kappa shape index (κ1) is 34.3. The summed E-state index contributed by atoms with van der Waals surface area (Å²) in [5, 5.41) is 4.00. The van der Waals surface area contributed by atoms with Gasteiger partial charge in [0.1, 0.15) is 12.6 Å². The molecule has 0 aromatic heterocycles. The van der Waals surface area contributed by atoms with Crippen LogP contribution in [0.2, 0.25) is 15.1 Å². The molecule has 1 N–H and O–H groups in total. The number of benzene rings is 4. The standard InChI is InChI=1S/C34H34Cl3N3O4S/c1-3-24(2)38-34(42)32(21-25-11-6-4-7-12-25)39(22-29-30(36)15-10-16-31(29)37)33(41)23-40(27-13-8-5-9-14-27)45(43,44)28-19-17-26(35)18-20-28/h4-20,24,32H,3,21-23H2,1-2H3,(H,38,42)/t24-,32-/m1/s1. The Balaban J connectivity index is 1.82. The summed E-state index contributed by atoms with van der Waals surface area (Å²) >= 11 is 19.1. The molecule has 0 bridgehead atoms. The maximum Gasteiger partial charge on any atom is 0.264 e. The minimum absolute atomic E-state index is 0.0420. The molecule has 0 saturated heterocycles. The zero-order chi connectivity index (χ0) is 32.6. The highest BCUT2D eigenvalue weighted by Crippen LogP contribution is 2.29. The van der Waals surface area contributed by atoms with E-state index in [0.29, 0.717) is 27.1 Å². The van der Waals surface area contributed by atoms with Crippen LogP contribution in [0.15, 0.2) is 108 Å². The van der Waals surface area contributed by atoms with Gasteiger partial charge in [0.15, 0.2) is 0 Å². The van der Waals surface area contributed by atoms with E-state index in [-0.39, 0.29) is 35.5 Å². The van der Waals surface area contributed by atoms with Crippen LogP contribution in [0.5, 0.6) is 0 Å². The monoisotopic (exact) mass is 685 g/mol. The van der Waals surface area contributed by atoms with Gasteiger partial charge < -0.3 is 10.2 Å². The number of amides is 2. The van der Waals surface area contributed by atoms with Crippen LogP contribution in [-0.2, 0) is 32.6 Å². The van der Waals surface area contributed by atoms with Gasteiger partial charge in [-0.1, -0.05) is 96.3 Å². The van der Waals surface area contributed by atoms with Gasteiger partial charge in [-0.05, 0) is 67.4 Å². The van der Waals surface area contributed by atoms with Crippen molar-refractivity contribution >= 4 is 62.3 Å². The number of carbonyl (C=O) groups excluding carboxylic acids is 2. The van der Waals surface area contributed by atoms with Crippen molar-refractivity contribution in [2.24, 2.45) is 0 Å². The minimum atomic E-state index is -4.24. The summed E-state index contributed by atoms with van der Waals surface area (Å²) in [5.41, 5.74) is 1.54. The number of halogens is 3. The molecule has 0 unspecified atom stereocenters. The van der Waals surface area contributed by atoms with Crippen molar-refractivity contribution < 1.29 is 18.0 Å². The van der Waals surface area contributed by atoms with E-state index in [2.05, 4.69) is 5.32 Å². The third kappa shape index (κ3) is 8.79. The third-order valence-corrected chi connectivity index (χ3v) is 10.1. The summed E-state index contributed by atoms with van der Waals surface area (Å²) in [6.07, 6.45) is 0.849.